The molecule has 1 unspecified atom stereocenters. The molecule has 0 radical (unpaired) electrons. The summed E-state index contributed by atoms with van der Waals surface area (Å²) in [5.41, 5.74) is 1.54. The second-order valence-electron chi connectivity index (χ2n) is 4.37. The number of fused-ring (bicyclic) bond motifs is 1. The molecule has 0 aliphatic heterocycles. The second-order valence-corrected chi connectivity index (χ2v) is 4.37. The molecule has 0 spiro atoms. The van der Waals surface area contributed by atoms with Crippen molar-refractivity contribution in [2.75, 3.05) is 0 Å². The molecule has 2 atom stereocenters. The highest BCUT2D eigenvalue weighted by Gasteiger charge is 2.57. The van der Waals surface area contributed by atoms with Gasteiger partial charge in [-0.05, 0) is 35.7 Å². The Morgan fingerprint density at radius 3 is 2.82 bits per heavy atom. The average molecular weight is 150 g/mol. The lowest BCUT2D eigenvalue weighted by atomic mass is 10.0. The molecule has 2 aliphatic rings. The van der Waals surface area contributed by atoms with Crippen LogP contribution < -0.4 is 0 Å². The first-order valence-electron chi connectivity index (χ1n) is 4.30. The van der Waals surface area contributed by atoms with E-state index in [1.807, 2.05) is 0 Å². The summed E-state index contributed by atoms with van der Waals surface area (Å²) >= 11 is 0. The Hall–Kier alpha value is -0.590. The predicted molar refractivity (Wildman–Crippen MR) is 44.1 cm³/mol. The van der Waals surface area contributed by atoms with Crippen molar-refractivity contribution < 1.29 is 4.79 Å². The van der Waals surface area contributed by atoms with Crippen molar-refractivity contribution in [3.63, 3.8) is 0 Å². The van der Waals surface area contributed by atoms with Gasteiger partial charge in [0.1, 0.15) is 6.29 Å². The fourth-order valence-electron chi connectivity index (χ4n) is 2.44. The highest BCUT2D eigenvalue weighted by atomic mass is 16.1. The standard InChI is InChI=1S/C10H14O/c1-10(2)8-4-3-7(6-11)5-9(8)10/h3,6,8-9H,4-5H2,1-2H3/t8?,9-/m0/s1. The maximum absolute atomic E-state index is 10.5. The summed E-state index contributed by atoms with van der Waals surface area (Å²) in [7, 11) is 0. The number of hydrogen-bond acceptors (Lipinski definition) is 1. The van der Waals surface area contributed by atoms with Crippen LogP contribution in [0.4, 0.5) is 0 Å². The summed E-state index contributed by atoms with van der Waals surface area (Å²) in [5, 5.41) is 0. The quantitative estimate of drug-likeness (QED) is 0.523. The zero-order valence-corrected chi connectivity index (χ0v) is 7.13. The van der Waals surface area contributed by atoms with Crippen molar-refractivity contribution in [3.05, 3.63) is 11.6 Å². The molecule has 1 nitrogen and oxygen atoms in total. The molecule has 0 saturated heterocycles. The zero-order chi connectivity index (χ0) is 8.06. The van der Waals surface area contributed by atoms with Gasteiger partial charge in [0.15, 0.2) is 0 Å². The van der Waals surface area contributed by atoms with Gasteiger partial charge in [-0.1, -0.05) is 19.9 Å². The minimum atomic E-state index is 0.515. The molecule has 1 saturated carbocycles. The van der Waals surface area contributed by atoms with Crippen molar-refractivity contribution in [1.82, 2.24) is 0 Å². The number of allylic oxidation sites excluding steroid dienone is 2. The van der Waals surface area contributed by atoms with E-state index in [9.17, 15) is 4.79 Å². The number of carbonyl (C=O) groups is 1. The van der Waals surface area contributed by atoms with Gasteiger partial charge in [-0.3, -0.25) is 4.79 Å². The summed E-state index contributed by atoms with van der Waals surface area (Å²) in [5.74, 6) is 1.67. The lowest BCUT2D eigenvalue weighted by Gasteiger charge is -2.03. The smallest absolute Gasteiger partial charge is 0.145 e. The summed E-state index contributed by atoms with van der Waals surface area (Å²) in [6, 6.07) is 0. The van der Waals surface area contributed by atoms with Crippen molar-refractivity contribution in [2.24, 2.45) is 17.3 Å². The van der Waals surface area contributed by atoms with Gasteiger partial charge in [-0.25, -0.2) is 0 Å². The first-order chi connectivity index (χ1) is 5.16. The Kier molecular flexibility index (Phi) is 1.26. The summed E-state index contributed by atoms with van der Waals surface area (Å²) in [6.07, 6.45) is 5.29. The van der Waals surface area contributed by atoms with Gasteiger partial charge in [0.25, 0.3) is 0 Å². The van der Waals surface area contributed by atoms with Crippen LogP contribution in [-0.4, -0.2) is 6.29 Å². The van der Waals surface area contributed by atoms with E-state index in [1.54, 1.807) is 0 Å². The van der Waals surface area contributed by atoms with E-state index < -0.39 is 0 Å². The highest BCUT2D eigenvalue weighted by Crippen LogP contribution is 2.64. The fraction of sp³-hybridized carbons (Fsp3) is 0.700. The van der Waals surface area contributed by atoms with Gasteiger partial charge in [0.05, 0.1) is 0 Å². The zero-order valence-electron chi connectivity index (χ0n) is 7.13. The van der Waals surface area contributed by atoms with Gasteiger partial charge >= 0.3 is 0 Å². The molecular formula is C10H14O. The van der Waals surface area contributed by atoms with Gasteiger partial charge in [-0.2, -0.15) is 0 Å². The molecule has 1 fully saturated rings. The minimum Gasteiger partial charge on any atom is -0.298 e. The van der Waals surface area contributed by atoms with Crippen LogP contribution in [0.15, 0.2) is 11.6 Å². The van der Waals surface area contributed by atoms with Crippen LogP contribution in [0.25, 0.3) is 0 Å². The Bertz CT molecular complexity index is 225. The number of carbonyl (C=O) groups excluding carboxylic acids is 1. The molecular weight excluding hydrogens is 136 g/mol. The van der Waals surface area contributed by atoms with Gasteiger partial charge < -0.3 is 0 Å². The third-order valence-electron chi connectivity index (χ3n) is 3.53. The summed E-state index contributed by atoms with van der Waals surface area (Å²) in [6.45, 7) is 4.62. The van der Waals surface area contributed by atoms with Crippen LogP contribution in [0.1, 0.15) is 26.7 Å². The average Bonchev–Trinajstić information content (AvgIpc) is 2.55. The van der Waals surface area contributed by atoms with E-state index in [0.29, 0.717) is 5.41 Å². The SMILES string of the molecule is CC1(C)C2CC=C(C=O)C[C@@H]21. The van der Waals surface area contributed by atoms with Crippen molar-refractivity contribution in [1.29, 1.82) is 0 Å². The van der Waals surface area contributed by atoms with E-state index >= 15 is 0 Å². The first-order valence-corrected chi connectivity index (χ1v) is 4.30. The summed E-state index contributed by atoms with van der Waals surface area (Å²) in [4.78, 5) is 10.5. The van der Waals surface area contributed by atoms with Crippen LogP contribution in [-0.2, 0) is 4.79 Å². The molecule has 0 heterocycles. The Labute approximate surface area is 67.5 Å². The summed E-state index contributed by atoms with van der Waals surface area (Å²) < 4.78 is 0. The monoisotopic (exact) mass is 150 g/mol. The number of rotatable bonds is 1. The maximum atomic E-state index is 10.5. The molecule has 0 aromatic rings. The maximum Gasteiger partial charge on any atom is 0.145 e. The van der Waals surface area contributed by atoms with E-state index in [1.165, 1.54) is 0 Å². The predicted octanol–water partition coefficient (Wildman–Crippen LogP) is 2.18. The van der Waals surface area contributed by atoms with Crippen molar-refractivity contribution >= 4 is 6.29 Å². The third kappa shape index (κ3) is 0.867. The fourth-order valence-corrected chi connectivity index (χ4v) is 2.44. The van der Waals surface area contributed by atoms with E-state index in [-0.39, 0.29) is 0 Å². The number of aldehydes is 1. The van der Waals surface area contributed by atoms with Gasteiger partial charge in [0, 0.05) is 0 Å². The third-order valence-corrected chi connectivity index (χ3v) is 3.53. The molecule has 0 N–H and O–H groups in total. The molecule has 11 heavy (non-hydrogen) atoms. The Balaban J connectivity index is 2.11. The molecule has 0 aromatic carbocycles. The Morgan fingerprint density at radius 1 is 1.55 bits per heavy atom. The molecule has 0 bridgehead atoms. The number of hydrogen-bond donors (Lipinski definition) is 0. The van der Waals surface area contributed by atoms with Crippen LogP contribution in [0, 0.1) is 17.3 Å². The van der Waals surface area contributed by atoms with Crippen LogP contribution in [0.3, 0.4) is 0 Å². The van der Waals surface area contributed by atoms with Crippen LogP contribution in [0.5, 0.6) is 0 Å². The lowest BCUT2D eigenvalue weighted by Crippen LogP contribution is -1.95. The van der Waals surface area contributed by atoms with E-state index in [2.05, 4.69) is 19.9 Å². The van der Waals surface area contributed by atoms with Crippen molar-refractivity contribution in [2.45, 2.75) is 26.7 Å². The van der Waals surface area contributed by atoms with Crippen LogP contribution in [0.2, 0.25) is 0 Å². The first kappa shape index (κ1) is 7.08. The molecule has 2 aliphatic carbocycles. The van der Waals surface area contributed by atoms with Gasteiger partial charge in [0.2, 0.25) is 0 Å². The van der Waals surface area contributed by atoms with E-state index in [4.69, 9.17) is 0 Å². The largest absolute Gasteiger partial charge is 0.298 e. The van der Waals surface area contributed by atoms with E-state index in [0.717, 1.165) is 36.5 Å². The molecule has 1 heteroatoms. The highest BCUT2D eigenvalue weighted by molar-refractivity contribution is 5.73. The topological polar surface area (TPSA) is 17.1 Å². The minimum absolute atomic E-state index is 0.515. The lowest BCUT2D eigenvalue weighted by molar-refractivity contribution is -0.105. The molecule has 0 aromatic heterocycles. The van der Waals surface area contributed by atoms with Crippen molar-refractivity contribution in [3.8, 4) is 0 Å². The molecule has 0 amide bonds. The van der Waals surface area contributed by atoms with Crippen LogP contribution >= 0.6 is 0 Å². The molecule has 60 valence electrons. The van der Waals surface area contributed by atoms with Gasteiger partial charge in [-0.15, -0.1) is 0 Å². The Morgan fingerprint density at radius 2 is 2.27 bits per heavy atom. The normalized spacial score (nSPS) is 38.9. The molecule has 2 rings (SSSR count). The second kappa shape index (κ2) is 1.96.